The highest BCUT2D eigenvalue weighted by Crippen LogP contribution is 2.19. The molecule has 0 saturated carbocycles. The first kappa shape index (κ1) is 19.4. The number of benzene rings is 1. The molecule has 0 spiro atoms. The van der Waals surface area contributed by atoms with Crippen LogP contribution >= 0.6 is 22.9 Å². The lowest BCUT2D eigenvalue weighted by Gasteiger charge is -2.22. The van der Waals surface area contributed by atoms with Crippen molar-refractivity contribution in [1.82, 2.24) is 19.4 Å². The molecule has 4 aromatic rings. The molecule has 5 nitrogen and oxygen atoms in total. The number of amides is 1. The third-order valence-corrected chi connectivity index (χ3v) is 5.80. The van der Waals surface area contributed by atoms with Crippen LogP contribution in [0.25, 0.3) is 0 Å². The minimum atomic E-state index is -0.0101. The Labute approximate surface area is 178 Å². The summed E-state index contributed by atoms with van der Waals surface area (Å²) in [4.78, 5) is 24.2. The van der Waals surface area contributed by atoms with Crippen molar-refractivity contribution >= 4 is 28.8 Å². The number of hydrogen-bond acceptors (Lipinski definition) is 4. The zero-order chi connectivity index (χ0) is 20.1. The van der Waals surface area contributed by atoms with E-state index in [9.17, 15) is 4.79 Å². The summed E-state index contributed by atoms with van der Waals surface area (Å²) < 4.78 is 2.03. The van der Waals surface area contributed by atoms with E-state index in [-0.39, 0.29) is 5.91 Å². The highest BCUT2D eigenvalue weighted by Gasteiger charge is 2.20. The SMILES string of the molecule is O=C(c1cccs1)N(Cc1ccncc1)Cc1nccn1Cc1ccccc1Cl. The van der Waals surface area contributed by atoms with E-state index in [4.69, 9.17) is 11.6 Å². The van der Waals surface area contributed by atoms with Crippen LogP contribution in [0.2, 0.25) is 5.02 Å². The molecule has 0 fully saturated rings. The Bertz CT molecular complexity index is 1080. The van der Waals surface area contributed by atoms with E-state index >= 15 is 0 Å². The third-order valence-electron chi connectivity index (χ3n) is 4.57. The van der Waals surface area contributed by atoms with Gasteiger partial charge in [-0.2, -0.15) is 0 Å². The van der Waals surface area contributed by atoms with Crippen LogP contribution in [0.3, 0.4) is 0 Å². The lowest BCUT2D eigenvalue weighted by atomic mass is 10.2. The molecule has 0 aliphatic carbocycles. The van der Waals surface area contributed by atoms with Crippen LogP contribution in [-0.4, -0.2) is 25.3 Å². The molecule has 29 heavy (non-hydrogen) atoms. The lowest BCUT2D eigenvalue weighted by Crippen LogP contribution is -2.31. The van der Waals surface area contributed by atoms with Gasteiger partial charge >= 0.3 is 0 Å². The largest absolute Gasteiger partial charge is 0.329 e. The molecule has 0 aliphatic heterocycles. The normalized spacial score (nSPS) is 10.8. The van der Waals surface area contributed by atoms with Gasteiger partial charge < -0.3 is 9.47 Å². The van der Waals surface area contributed by atoms with Crippen LogP contribution in [0, 0.1) is 0 Å². The summed E-state index contributed by atoms with van der Waals surface area (Å²) in [6.45, 7) is 1.49. The number of rotatable bonds is 7. The smallest absolute Gasteiger partial charge is 0.264 e. The van der Waals surface area contributed by atoms with Crippen molar-refractivity contribution in [3.8, 4) is 0 Å². The van der Waals surface area contributed by atoms with Gasteiger partial charge in [-0.15, -0.1) is 11.3 Å². The van der Waals surface area contributed by atoms with Gasteiger partial charge in [-0.05, 0) is 40.8 Å². The van der Waals surface area contributed by atoms with Gasteiger partial charge in [0, 0.05) is 36.4 Å². The minimum absolute atomic E-state index is 0.0101. The van der Waals surface area contributed by atoms with Gasteiger partial charge in [-0.25, -0.2) is 4.98 Å². The number of hydrogen-bond donors (Lipinski definition) is 0. The molecule has 0 bridgehead atoms. The first-order valence-corrected chi connectivity index (χ1v) is 10.4. The first-order chi connectivity index (χ1) is 14.2. The number of carbonyl (C=O) groups excluding carboxylic acids is 1. The van der Waals surface area contributed by atoms with E-state index in [1.165, 1.54) is 11.3 Å². The summed E-state index contributed by atoms with van der Waals surface area (Å²) in [5, 5.41) is 2.63. The Balaban J connectivity index is 1.59. The summed E-state index contributed by atoms with van der Waals surface area (Å²) >= 11 is 7.76. The number of thiophene rings is 1. The molecule has 0 unspecified atom stereocenters. The van der Waals surface area contributed by atoms with Crippen molar-refractivity contribution in [1.29, 1.82) is 0 Å². The highest BCUT2D eigenvalue weighted by atomic mass is 35.5. The number of nitrogens with zero attached hydrogens (tertiary/aromatic N) is 4. The van der Waals surface area contributed by atoms with E-state index < -0.39 is 0 Å². The van der Waals surface area contributed by atoms with E-state index in [1.807, 2.05) is 69.6 Å². The second kappa shape index (κ2) is 9.03. The highest BCUT2D eigenvalue weighted by molar-refractivity contribution is 7.12. The maximum Gasteiger partial charge on any atom is 0.264 e. The summed E-state index contributed by atoms with van der Waals surface area (Å²) in [6, 6.07) is 15.3. The molecule has 0 saturated heterocycles. The number of imidazole rings is 1. The first-order valence-electron chi connectivity index (χ1n) is 9.16. The van der Waals surface area contributed by atoms with Gasteiger partial charge in [0.1, 0.15) is 5.82 Å². The van der Waals surface area contributed by atoms with Crippen molar-refractivity contribution in [3.05, 3.63) is 106 Å². The topological polar surface area (TPSA) is 51.0 Å². The molecule has 7 heteroatoms. The molecular weight excluding hydrogens is 404 g/mol. The second-order valence-electron chi connectivity index (χ2n) is 6.56. The van der Waals surface area contributed by atoms with E-state index in [0.29, 0.717) is 24.5 Å². The molecule has 1 aromatic carbocycles. The number of halogens is 1. The van der Waals surface area contributed by atoms with Crippen LogP contribution in [-0.2, 0) is 19.6 Å². The Morgan fingerprint density at radius 1 is 1.03 bits per heavy atom. The maximum atomic E-state index is 13.1. The average Bonchev–Trinajstić information content (AvgIpc) is 3.42. The fourth-order valence-corrected chi connectivity index (χ4v) is 3.97. The van der Waals surface area contributed by atoms with E-state index in [1.54, 1.807) is 18.6 Å². The van der Waals surface area contributed by atoms with Crippen molar-refractivity contribution in [3.63, 3.8) is 0 Å². The second-order valence-corrected chi connectivity index (χ2v) is 7.91. The molecule has 0 radical (unpaired) electrons. The van der Waals surface area contributed by atoms with Crippen LogP contribution in [0.5, 0.6) is 0 Å². The van der Waals surface area contributed by atoms with Gasteiger partial charge in [0.25, 0.3) is 5.91 Å². The molecule has 146 valence electrons. The van der Waals surface area contributed by atoms with Crippen LogP contribution in [0.1, 0.15) is 26.6 Å². The molecule has 0 N–H and O–H groups in total. The third kappa shape index (κ3) is 4.72. The molecule has 1 amide bonds. The maximum absolute atomic E-state index is 13.1. The molecule has 0 atom stereocenters. The lowest BCUT2D eigenvalue weighted by molar-refractivity contribution is 0.0728. The molecular formula is C22H19ClN4OS. The fourth-order valence-electron chi connectivity index (χ4n) is 3.08. The van der Waals surface area contributed by atoms with Gasteiger partial charge in [-0.1, -0.05) is 35.9 Å². The van der Waals surface area contributed by atoms with Gasteiger partial charge in [0.05, 0.1) is 18.0 Å². The zero-order valence-corrected chi connectivity index (χ0v) is 17.2. The summed E-state index contributed by atoms with van der Waals surface area (Å²) in [6.07, 6.45) is 7.15. The van der Waals surface area contributed by atoms with Gasteiger partial charge in [-0.3, -0.25) is 9.78 Å². The van der Waals surface area contributed by atoms with Crippen molar-refractivity contribution in [2.45, 2.75) is 19.6 Å². The summed E-state index contributed by atoms with van der Waals surface area (Å²) in [7, 11) is 0. The number of pyridine rings is 1. The summed E-state index contributed by atoms with van der Waals surface area (Å²) in [5.41, 5.74) is 2.03. The van der Waals surface area contributed by atoms with Crippen molar-refractivity contribution in [2.75, 3.05) is 0 Å². The number of aromatic nitrogens is 3. The van der Waals surface area contributed by atoms with Crippen molar-refractivity contribution in [2.24, 2.45) is 0 Å². The Kier molecular flexibility index (Phi) is 6.03. The number of carbonyl (C=O) groups is 1. The van der Waals surface area contributed by atoms with Crippen LogP contribution in [0.4, 0.5) is 0 Å². The van der Waals surface area contributed by atoms with Crippen molar-refractivity contribution < 1.29 is 4.79 Å². The molecule has 3 aromatic heterocycles. The predicted molar refractivity (Wildman–Crippen MR) is 115 cm³/mol. The van der Waals surface area contributed by atoms with Gasteiger partial charge in [0.2, 0.25) is 0 Å². The van der Waals surface area contributed by atoms with Gasteiger partial charge in [0.15, 0.2) is 0 Å². The zero-order valence-electron chi connectivity index (χ0n) is 15.6. The summed E-state index contributed by atoms with van der Waals surface area (Å²) in [5.74, 6) is 0.799. The Morgan fingerprint density at radius 2 is 1.86 bits per heavy atom. The molecule has 3 heterocycles. The quantitative estimate of drug-likeness (QED) is 0.426. The fraction of sp³-hybridized carbons (Fsp3) is 0.136. The van der Waals surface area contributed by atoms with E-state index in [0.717, 1.165) is 22.0 Å². The standard InChI is InChI=1S/C22H19ClN4OS/c23-19-5-2-1-4-18(19)15-26-12-11-25-21(26)16-27(14-17-7-9-24-10-8-17)22(28)20-6-3-13-29-20/h1-13H,14-16H2. The molecule has 0 aliphatic rings. The Hall–Kier alpha value is -2.96. The minimum Gasteiger partial charge on any atom is -0.329 e. The predicted octanol–water partition coefficient (Wildman–Crippen LogP) is 4.88. The Morgan fingerprint density at radius 3 is 2.62 bits per heavy atom. The van der Waals surface area contributed by atoms with E-state index in [2.05, 4.69) is 9.97 Å². The average molecular weight is 423 g/mol. The monoisotopic (exact) mass is 422 g/mol. The van der Waals surface area contributed by atoms with Crippen LogP contribution in [0.15, 0.2) is 78.7 Å². The van der Waals surface area contributed by atoms with Crippen LogP contribution < -0.4 is 0 Å². The molecule has 4 rings (SSSR count).